The smallest absolute Gasteiger partial charge is 0.269 e. The Balaban J connectivity index is 1.60. The van der Waals surface area contributed by atoms with E-state index in [0.29, 0.717) is 49.8 Å². The molecule has 0 atom stereocenters. The van der Waals surface area contributed by atoms with Crippen molar-refractivity contribution in [3.8, 4) is 11.4 Å². The molecule has 2 N–H and O–H groups in total. The third-order valence-electron chi connectivity index (χ3n) is 5.36. The number of rotatable bonds is 13. The first kappa shape index (κ1) is 24.1. The normalized spacial score (nSPS) is 10.8. The average molecular weight is 452 g/mol. The average Bonchev–Trinajstić information content (AvgIpc) is 3.31. The van der Waals surface area contributed by atoms with Gasteiger partial charge in [-0.3, -0.25) is 14.9 Å². The van der Waals surface area contributed by atoms with Gasteiger partial charge in [-0.1, -0.05) is 41.9 Å². The van der Waals surface area contributed by atoms with Crippen LogP contribution in [0.15, 0.2) is 59.1 Å². The molecule has 0 fully saturated rings. The summed E-state index contributed by atoms with van der Waals surface area (Å²) < 4.78 is 5.36. The molecule has 9 nitrogen and oxygen atoms in total. The second-order valence-electron chi connectivity index (χ2n) is 7.78. The molecule has 0 spiro atoms. The maximum atomic E-state index is 12.8. The summed E-state index contributed by atoms with van der Waals surface area (Å²) in [6.45, 7) is 1.73. The molecule has 9 heteroatoms. The van der Waals surface area contributed by atoms with Crippen LogP contribution in [0.1, 0.15) is 37.1 Å². The highest BCUT2D eigenvalue weighted by Crippen LogP contribution is 2.20. The number of nitrogens with two attached hydrogens (primary N) is 1. The summed E-state index contributed by atoms with van der Waals surface area (Å²) >= 11 is 0. The largest absolute Gasteiger partial charge is 0.342 e. The van der Waals surface area contributed by atoms with Crippen LogP contribution in [0.4, 0.5) is 5.69 Å². The zero-order chi connectivity index (χ0) is 23.5. The molecular weight excluding hydrogens is 422 g/mol. The van der Waals surface area contributed by atoms with E-state index in [2.05, 4.69) is 22.3 Å². The van der Waals surface area contributed by atoms with Crippen LogP contribution in [0, 0.1) is 10.1 Å². The maximum Gasteiger partial charge on any atom is 0.269 e. The molecule has 1 heterocycles. The number of aromatic nitrogens is 2. The number of benzene rings is 2. The molecule has 0 aliphatic rings. The van der Waals surface area contributed by atoms with Crippen molar-refractivity contribution >= 4 is 11.6 Å². The van der Waals surface area contributed by atoms with E-state index in [-0.39, 0.29) is 11.6 Å². The second kappa shape index (κ2) is 12.4. The van der Waals surface area contributed by atoms with Gasteiger partial charge < -0.3 is 15.2 Å². The lowest BCUT2D eigenvalue weighted by Crippen LogP contribution is -2.34. The number of carbonyl (C=O) groups excluding carboxylic acids is 1. The second-order valence-corrected chi connectivity index (χ2v) is 7.78. The van der Waals surface area contributed by atoms with Crippen LogP contribution >= 0.6 is 0 Å². The zero-order valence-corrected chi connectivity index (χ0v) is 18.6. The van der Waals surface area contributed by atoms with E-state index in [0.717, 1.165) is 25.7 Å². The zero-order valence-electron chi connectivity index (χ0n) is 18.6. The van der Waals surface area contributed by atoms with Gasteiger partial charge in [-0.25, -0.2) is 0 Å². The minimum absolute atomic E-state index is 0.00139. The Morgan fingerprint density at radius 1 is 1.00 bits per heavy atom. The van der Waals surface area contributed by atoms with Crippen molar-refractivity contribution in [2.24, 2.45) is 5.73 Å². The van der Waals surface area contributed by atoms with E-state index in [1.807, 2.05) is 23.1 Å². The summed E-state index contributed by atoms with van der Waals surface area (Å²) in [4.78, 5) is 29.4. The van der Waals surface area contributed by atoms with Gasteiger partial charge in [0, 0.05) is 43.6 Å². The van der Waals surface area contributed by atoms with Gasteiger partial charge in [-0.2, -0.15) is 4.98 Å². The highest BCUT2D eigenvalue weighted by atomic mass is 16.6. The van der Waals surface area contributed by atoms with Crippen LogP contribution in [0.2, 0.25) is 0 Å². The van der Waals surface area contributed by atoms with Gasteiger partial charge in [0.25, 0.3) is 5.69 Å². The summed E-state index contributed by atoms with van der Waals surface area (Å²) in [7, 11) is 0. The monoisotopic (exact) mass is 451 g/mol. The maximum absolute atomic E-state index is 12.8. The quantitative estimate of drug-likeness (QED) is 0.238. The van der Waals surface area contributed by atoms with Gasteiger partial charge in [0.05, 0.1) is 4.92 Å². The van der Waals surface area contributed by atoms with E-state index in [9.17, 15) is 14.9 Å². The van der Waals surface area contributed by atoms with Gasteiger partial charge >= 0.3 is 0 Å². The summed E-state index contributed by atoms with van der Waals surface area (Å²) in [6, 6.07) is 16.0. The number of nitrogens with zero attached hydrogens (tertiary/aromatic N) is 4. The molecule has 0 saturated heterocycles. The van der Waals surface area contributed by atoms with E-state index >= 15 is 0 Å². The van der Waals surface area contributed by atoms with Crippen molar-refractivity contribution in [2.45, 2.75) is 38.5 Å². The van der Waals surface area contributed by atoms with Gasteiger partial charge in [-0.15, -0.1) is 0 Å². The van der Waals surface area contributed by atoms with Crippen LogP contribution in [0.25, 0.3) is 11.4 Å². The molecule has 0 radical (unpaired) electrons. The van der Waals surface area contributed by atoms with Crippen molar-refractivity contribution < 1.29 is 14.2 Å². The standard InChI is InChI=1S/C24H29N5O4/c25-16-6-2-5-9-23(30)28(17-14-19-7-3-1-4-8-19)18-15-22-26-24(27-33-22)20-10-12-21(13-11-20)29(31)32/h1,3-4,7-8,10-13H,2,5-6,9,14-18,25H2. The predicted octanol–water partition coefficient (Wildman–Crippen LogP) is 3.78. The number of nitro groups is 1. The highest BCUT2D eigenvalue weighted by molar-refractivity contribution is 5.76. The van der Waals surface area contributed by atoms with Crippen molar-refractivity contribution in [1.82, 2.24) is 15.0 Å². The van der Waals surface area contributed by atoms with Gasteiger partial charge in [0.2, 0.25) is 17.6 Å². The molecule has 33 heavy (non-hydrogen) atoms. The first-order valence-electron chi connectivity index (χ1n) is 11.2. The van der Waals surface area contributed by atoms with Gasteiger partial charge in [0.15, 0.2) is 0 Å². The summed E-state index contributed by atoms with van der Waals surface area (Å²) in [5.41, 5.74) is 7.36. The van der Waals surface area contributed by atoms with E-state index in [1.54, 1.807) is 12.1 Å². The van der Waals surface area contributed by atoms with Crippen LogP contribution in [0.5, 0.6) is 0 Å². The first-order chi connectivity index (χ1) is 16.1. The van der Waals surface area contributed by atoms with Gasteiger partial charge in [-0.05, 0) is 43.5 Å². The first-order valence-corrected chi connectivity index (χ1v) is 11.2. The fourth-order valence-corrected chi connectivity index (χ4v) is 3.46. The van der Waals surface area contributed by atoms with Crippen molar-refractivity contribution in [3.63, 3.8) is 0 Å². The molecule has 0 bridgehead atoms. The highest BCUT2D eigenvalue weighted by Gasteiger charge is 2.16. The van der Waals surface area contributed by atoms with E-state index in [4.69, 9.17) is 10.3 Å². The SMILES string of the molecule is NCCCCCC(=O)N(CCc1ccccc1)CCc1nc(-c2ccc([N+](=O)[O-])cc2)no1. The minimum atomic E-state index is -0.456. The van der Waals surface area contributed by atoms with Crippen molar-refractivity contribution in [2.75, 3.05) is 19.6 Å². The topological polar surface area (TPSA) is 128 Å². The predicted molar refractivity (Wildman–Crippen MR) is 124 cm³/mol. The fraction of sp³-hybridized carbons (Fsp3) is 0.375. The molecule has 2 aromatic carbocycles. The molecule has 0 saturated carbocycles. The van der Waals surface area contributed by atoms with E-state index < -0.39 is 4.92 Å². The number of carbonyl (C=O) groups is 1. The molecular formula is C24H29N5O4. The third-order valence-corrected chi connectivity index (χ3v) is 5.36. The Hall–Kier alpha value is -3.59. The Morgan fingerprint density at radius 3 is 2.42 bits per heavy atom. The molecule has 3 aromatic rings. The molecule has 0 aliphatic carbocycles. The van der Waals surface area contributed by atoms with Crippen LogP contribution < -0.4 is 5.73 Å². The van der Waals surface area contributed by atoms with E-state index in [1.165, 1.54) is 17.7 Å². The number of hydrogen-bond acceptors (Lipinski definition) is 7. The molecule has 0 unspecified atom stereocenters. The molecule has 0 aliphatic heterocycles. The third kappa shape index (κ3) is 7.50. The van der Waals surface area contributed by atoms with Crippen LogP contribution in [-0.2, 0) is 17.6 Å². The Morgan fingerprint density at radius 2 is 1.73 bits per heavy atom. The number of nitro benzene ring substituents is 1. The summed E-state index contributed by atoms with van der Waals surface area (Å²) in [5.74, 6) is 0.894. The Bertz CT molecular complexity index is 1020. The molecule has 174 valence electrons. The van der Waals surface area contributed by atoms with Gasteiger partial charge in [0.1, 0.15) is 0 Å². The fourth-order valence-electron chi connectivity index (χ4n) is 3.46. The molecule has 1 amide bonds. The summed E-state index contributed by atoms with van der Waals surface area (Å²) in [6.07, 6.45) is 4.38. The lowest BCUT2D eigenvalue weighted by atomic mass is 10.1. The lowest BCUT2D eigenvalue weighted by Gasteiger charge is -2.22. The number of amides is 1. The number of non-ortho nitro benzene ring substituents is 1. The van der Waals surface area contributed by atoms with Crippen LogP contribution in [0.3, 0.4) is 0 Å². The molecule has 3 rings (SSSR count). The minimum Gasteiger partial charge on any atom is -0.342 e. The van der Waals surface area contributed by atoms with Crippen molar-refractivity contribution in [3.05, 3.63) is 76.2 Å². The number of hydrogen-bond donors (Lipinski definition) is 1. The Kier molecular flexibility index (Phi) is 9.08. The molecule has 1 aromatic heterocycles. The van der Waals surface area contributed by atoms with Crippen LogP contribution in [-0.4, -0.2) is 45.5 Å². The summed E-state index contributed by atoms with van der Waals surface area (Å²) in [5, 5.41) is 14.8. The lowest BCUT2D eigenvalue weighted by molar-refractivity contribution is -0.384. The Labute approximate surface area is 192 Å². The van der Waals surface area contributed by atoms with Crippen molar-refractivity contribution in [1.29, 1.82) is 0 Å². The number of unbranched alkanes of at least 4 members (excludes halogenated alkanes) is 2.